The van der Waals surface area contributed by atoms with Crippen LogP contribution in [0.25, 0.3) is 0 Å². The average Bonchev–Trinajstić information content (AvgIpc) is 1.85. The Balaban J connectivity index is 3.22. The molecule has 0 saturated carbocycles. The monoisotopic (exact) mass is 131 g/mol. The lowest BCUT2D eigenvalue weighted by Gasteiger charge is -1.95. The van der Waals surface area contributed by atoms with Crippen LogP contribution in [-0.4, -0.2) is 4.98 Å². The number of terminal acetylenes is 1. The molecule has 0 amide bonds. The SMILES string of the molecule is C#Cc1cc(C)cc(C)n1. The average molecular weight is 131 g/mol. The molecule has 1 nitrogen and oxygen atoms in total. The van der Waals surface area contributed by atoms with E-state index >= 15 is 0 Å². The summed E-state index contributed by atoms with van der Waals surface area (Å²) in [6.07, 6.45) is 5.18. The van der Waals surface area contributed by atoms with Crippen LogP contribution in [0.1, 0.15) is 17.0 Å². The van der Waals surface area contributed by atoms with Gasteiger partial charge in [-0.3, -0.25) is 0 Å². The van der Waals surface area contributed by atoms with Crippen molar-refractivity contribution < 1.29 is 0 Å². The van der Waals surface area contributed by atoms with Gasteiger partial charge in [-0.15, -0.1) is 6.42 Å². The van der Waals surface area contributed by atoms with Gasteiger partial charge in [0.1, 0.15) is 5.69 Å². The van der Waals surface area contributed by atoms with Crippen LogP contribution >= 0.6 is 0 Å². The summed E-state index contributed by atoms with van der Waals surface area (Å²) in [5, 5.41) is 0. The Morgan fingerprint density at radius 3 is 2.60 bits per heavy atom. The van der Waals surface area contributed by atoms with E-state index in [0.717, 1.165) is 11.4 Å². The van der Waals surface area contributed by atoms with Gasteiger partial charge in [-0.1, -0.05) is 5.92 Å². The van der Waals surface area contributed by atoms with E-state index in [1.807, 2.05) is 26.0 Å². The van der Waals surface area contributed by atoms with Gasteiger partial charge < -0.3 is 0 Å². The first-order valence-electron chi connectivity index (χ1n) is 3.14. The molecule has 1 heteroatoms. The zero-order valence-electron chi connectivity index (χ0n) is 6.18. The van der Waals surface area contributed by atoms with Crippen LogP contribution in [-0.2, 0) is 0 Å². The predicted molar refractivity (Wildman–Crippen MR) is 41.6 cm³/mol. The second-order valence-electron chi connectivity index (χ2n) is 2.32. The zero-order chi connectivity index (χ0) is 7.56. The lowest BCUT2D eigenvalue weighted by atomic mass is 10.2. The van der Waals surface area contributed by atoms with Crippen LogP contribution < -0.4 is 0 Å². The predicted octanol–water partition coefficient (Wildman–Crippen LogP) is 1.68. The Labute approximate surface area is 61.1 Å². The summed E-state index contributed by atoms with van der Waals surface area (Å²) in [5.41, 5.74) is 2.87. The van der Waals surface area contributed by atoms with Crippen molar-refractivity contribution in [2.75, 3.05) is 0 Å². The van der Waals surface area contributed by atoms with E-state index in [1.54, 1.807) is 0 Å². The first kappa shape index (κ1) is 6.82. The summed E-state index contributed by atoms with van der Waals surface area (Å²) in [4.78, 5) is 4.12. The van der Waals surface area contributed by atoms with Crippen LogP contribution in [0, 0.1) is 26.2 Å². The number of hydrogen-bond donors (Lipinski definition) is 0. The fourth-order valence-electron chi connectivity index (χ4n) is 0.915. The number of aromatic nitrogens is 1. The molecular formula is C9H9N. The maximum atomic E-state index is 5.18. The highest BCUT2D eigenvalue weighted by Gasteiger charge is 1.91. The van der Waals surface area contributed by atoms with Gasteiger partial charge in [0, 0.05) is 5.69 Å². The van der Waals surface area contributed by atoms with Crippen LogP contribution in [0.15, 0.2) is 12.1 Å². The summed E-state index contributed by atoms with van der Waals surface area (Å²) in [5.74, 6) is 2.50. The third-order valence-electron chi connectivity index (χ3n) is 1.25. The van der Waals surface area contributed by atoms with Crippen molar-refractivity contribution in [2.45, 2.75) is 13.8 Å². The Morgan fingerprint density at radius 2 is 2.10 bits per heavy atom. The van der Waals surface area contributed by atoms with Gasteiger partial charge in [-0.25, -0.2) is 4.98 Å². The first-order chi connectivity index (χ1) is 4.72. The topological polar surface area (TPSA) is 12.9 Å². The molecule has 50 valence electrons. The summed E-state index contributed by atoms with van der Waals surface area (Å²) in [6, 6.07) is 3.90. The molecule has 0 aliphatic rings. The highest BCUT2D eigenvalue weighted by Crippen LogP contribution is 2.01. The van der Waals surface area contributed by atoms with Crippen molar-refractivity contribution in [3.8, 4) is 12.3 Å². The van der Waals surface area contributed by atoms with Gasteiger partial charge in [-0.2, -0.15) is 0 Å². The van der Waals surface area contributed by atoms with Crippen molar-refractivity contribution in [3.63, 3.8) is 0 Å². The number of aryl methyl sites for hydroxylation is 2. The molecule has 10 heavy (non-hydrogen) atoms. The summed E-state index contributed by atoms with van der Waals surface area (Å²) in [6.45, 7) is 3.95. The fraction of sp³-hybridized carbons (Fsp3) is 0.222. The molecule has 0 atom stereocenters. The minimum atomic E-state index is 0.720. The largest absolute Gasteiger partial charge is 0.245 e. The number of hydrogen-bond acceptors (Lipinski definition) is 1. The van der Waals surface area contributed by atoms with Crippen LogP contribution in [0.5, 0.6) is 0 Å². The van der Waals surface area contributed by atoms with Gasteiger partial charge in [0.05, 0.1) is 0 Å². The highest BCUT2D eigenvalue weighted by molar-refractivity contribution is 5.29. The zero-order valence-corrected chi connectivity index (χ0v) is 6.18. The van der Waals surface area contributed by atoms with Gasteiger partial charge in [0.2, 0.25) is 0 Å². The third-order valence-corrected chi connectivity index (χ3v) is 1.25. The quantitative estimate of drug-likeness (QED) is 0.488. The van der Waals surface area contributed by atoms with Gasteiger partial charge in [-0.05, 0) is 31.5 Å². The Morgan fingerprint density at radius 1 is 1.40 bits per heavy atom. The lowest BCUT2D eigenvalue weighted by molar-refractivity contribution is 1.15. The number of rotatable bonds is 0. The number of pyridine rings is 1. The minimum Gasteiger partial charge on any atom is -0.245 e. The lowest BCUT2D eigenvalue weighted by Crippen LogP contribution is -1.87. The fourth-order valence-corrected chi connectivity index (χ4v) is 0.915. The smallest absolute Gasteiger partial charge is 0.113 e. The molecule has 0 aliphatic heterocycles. The maximum absolute atomic E-state index is 5.18. The second-order valence-corrected chi connectivity index (χ2v) is 2.32. The van der Waals surface area contributed by atoms with E-state index in [0.29, 0.717) is 0 Å². The molecule has 0 fully saturated rings. The molecule has 0 saturated heterocycles. The molecule has 0 radical (unpaired) electrons. The van der Waals surface area contributed by atoms with Gasteiger partial charge in [0.15, 0.2) is 0 Å². The normalized spacial score (nSPS) is 8.90. The molecule has 1 aromatic heterocycles. The van der Waals surface area contributed by atoms with Gasteiger partial charge >= 0.3 is 0 Å². The third kappa shape index (κ3) is 1.35. The number of nitrogens with zero attached hydrogens (tertiary/aromatic N) is 1. The first-order valence-corrected chi connectivity index (χ1v) is 3.14. The molecule has 0 bridgehead atoms. The van der Waals surface area contributed by atoms with E-state index in [2.05, 4.69) is 10.9 Å². The molecule has 0 unspecified atom stereocenters. The van der Waals surface area contributed by atoms with E-state index < -0.39 is 0 Å². The van der Waals surface area contributed by atoms with Crippen molar-refractivity contribution in [1.29, 1.82) is 0 Å². The Bertz CT molecular complexity index is 261. The Kier molecular flexibility index (Phi) is 1.73. The molecule has 0 spiro atoms. The molecule has 1 aromatic rings. The van der Waals surface area contributed by atoms with Crippen LogP contribution in [0.3, 0.4) is 0 Å². The summed E-state index contributed by atoms with van der Waals surface area (Å²) < 4.78 is 0. The maximum Gasteiger partial charge on any atom is 0.113 e. The molecule has 1 rings (SSSR count). The standard InChI is InChI=1S/C9H9N/c1-4-9-6-7(2)5-8(3)10-9/h1,5-6H,2-3H3. The van der Waals surface area contributed by atoms with Crippen LogP contribution in [0.2, 0.25) is 0 Å². The molecule has 0 aliphatic carbocycles. The van der Waals surface area contributed by atoms with E-state index in [-0.39, 0.29) is 0 Å². The van der Waals surface area contributed by atoms with Crippen molar-refractivity contribution in [2.24, 2.45) is 0 Å². The second kappa shape index (κ2) is 2.53. The van der Waals surface area contributed by atoms with Gasteiger partial charge in [0.25, 0.3) is 0 Å². The van der Waals surface area contributed by atoms with Crippen molar-refractivity contribution in [3.05, 3.63) is 29.1 Å². The summed E-state index contributed by atoms with van der Waals surface area (Å²) in [7, 11) is 0. The molecule has 0 aromatic carbocycles. The Hall–Kier alpha value is -1.29. The minimum absolute atomic E-state index is 0.720. The van der Waals surface area contributed by atoms with Crippen molar-refractivity contribution >= 4 is 0 Å². The van der Waals surface area contributed by atoms with E-state index in [4.69, 9.17) is 6.42 Å². The molecular weight excluding hydrogens is 122 g/mol. The molecule has 1 heterocycles. The van der Waals surface area contributed by atoms with Crippen molar-refractivity contribution in [1.82, 2.24) is 4.98 Å². The van der Waals surface area contributed by atoms with Crippen LogP contribution in [0.4, 0.5) is 0 Å². The summed E-state index contributed by atoms with van der Waals surface area (Å²) >= 11 is 0. The van der Waals surface area contributed by atoms with E-state index in [9.17, 15) is 0 Å². The highest BCUT2D eigenvalue weighted by atomic mass is 14.7. The molecule has 0 N–H and O–H groups in total. The van der Waals surface area contributed by atoms with E-state index in [1.165, 1.54) is 5.56 Å².